The van der Waals surface area contributed by atoms with Crippen LogP contribution in [0.1, 0.15) is 22.4 Å². The molecule has 0 unspecified atom stereocenters. The van der Waals surface area contributed by atoms with Gasteiger partial charge in [-0.25, -0.2) is 5.43 Å². The first-order valence-electron chi connectivity index (χ1n) is 11.4. The van der Waals surface area contributed by atoms with Gasteiger partial charge in [-0.05, 0) is 36.2 Å². The van der Waals surface area contributed by atoms with Crippen molar-refractivity contribution in [3.63, 3.8) is 0 Å². The van der Waals surface area contributed by atoms with Crippen molar-refractivity contribution < 1.29 is 14.3 Å². The molecular weight excluding hydrogens is 440 g/mol. The fourth-order valence-corrected chi connectivity index (χ4v) is 3.97. The zero-order valence-corrected chi connectivity index (χ0v) is 19.8. The number of hydrazone groups is 1. The molecule has 7 nitrogen and oxygen atoms in total. The average molecular weight is 469 g/mol. The van der Waals surface area contributed by atoms with Crippen LogP contribution in [0.2, 0.25) is 0 Å². The first-order valence-corrected chi connectivity index (χ1v) is 11.4. The first kappa shape index (κ1) is 23.8. The Kier molecular flexibility index (Phi) is 7.57. The van der Waals surface area contributed by atoms with Crippen molar-refractivity contribution in [3.8, 4) is 5.75 Å². The highest BCUT2D eigenvalue weighted by atomic mass is 16.5. The van der Waals surface area contributed by atoms with Gasteiger partial charge in [0, 0.05) is 28.7 Å². The zero-order chi connectivity index (χ0) is 24.6. The van der Waals surface area contributed by atoms with Gasteiger partial charge in [0.1, 0.15) is 5.75 Å². The lowest BCUT2D eigenvalue weighted by Gasteiger charge is -2.08. The van der Waals surface area contributed by atoms with Crippen LogP contribution in [0.4, 0.5) is 0 Å². The number of fused-ring (bicyclic) bond motifs is 1. The van der Waals surface area contributed by atoms with Crippen molar-refractivity contribution in [2.45, 2.75) is 19.9 Å². The van der Waals surface area contributed by atoms with Crippen molar-refractivity contribution in [2.75, 3.05) is 13.7 Å². The third kappa shape index (κ3) is 5.95. The number of aromatic nitrogens is 1. The molecule has 0 radical (unpaired) electrons. The summed E-state index contributed by atoms with van der Waals surface area (Å²) in [5.41, 5.74) is 7.66. The van der Waals surface area contributed by atoms with Crippen LogP contribution in [0.25, 0.3) is 10.9 Å². The van der Waals surface area contributed by atoms with E-state index in [-0.39, 0.29) is 18.9 Å². The fraction of sp³-hybridized carbons (Fsp3) is 0.179. The number of amides is 2. The van der Waals surface area contributed by atoms with Crippen molar-refractivity contribution in [1.82, 2.24) is 15.3 Å². The number of methoxy groups -OCH3 is 1. The molecule has 0 saturated carbocycles. The van der Waals surface area contributed by atoms with Crippen molar-refractivity contribution in [3.05, 3.63) is 101 Å². The van der Waals surface area contributed by atoms with Crippen LogP contribution < -0.4 is 15.5 Å². The number of carbonyl (C=O) groups excluding carboxylic acids is 2. The van der Waals surface area contributed by atoms with E-state index in [1.807, 2.05) is 55.5 Å². The second-order valence-electron chi connectivity index (χ2n) is 8.18. The van der Waals surface area contributed by atoms with Crippen molar-refractivity contribution in [2.24, 2.45) is 5.10 Å². The Morgan fingerprint density at radius 2 is 1.63 bits per heavy atom. The maximum Gasteiger partial charge on any atom is 0.259 e. The largest absolute Gasteiger partial charge is 0.497 e. The highest BCUT2D eigenvalue weighted by Crippen LogP contribution is 2.25. The summed E-state index contributed by atoms with van der Waals surface area (Å²) in [4.78, 5) is 24.4. The van der Waals surface area contributed by atoms with E-state index in [9.17, 15) is 9.59 Å². The molecule has 0 aliphatic heterocycles. The van der Waals surface area contributed by atoms with E-state index < -0.39 is 5.91 Å². The SMILES string of the molecule is COc1ccc(CC(=O)NCC(=O)NN=Cc2c(C)n(Cc3ccccc3)c3ccccc23)cc1. The lowest BCUT2D eigenvalue weighted by molar-refractivity contribution is -0.125. The lowest BCUT2D eigenvalue weighted by Crippen LogP contribution is -2.35. The number of carbonyl (C=O) groups is 2. The van der Waals surface area contributed by atoms with Gasteiger partial charge in [-0.1, -0.05) is 60.7 Å². The highest BCUT2D eigenvalue weighted by Gasteiger charge is 2.13. The predicted molar refractivity (Wildman–Crippen MR) is 138 cm³/mol. The molecule has 0 aliphatic rings. The van der Waals surface area contributed by atoms with Crippen LogP contribution in [0.5, 0.6) is 5.75 Å². The van der Waals surface area contributed by atoms with E-state index in [0.717, 1.165) is 40.0 Å². The second-order valence-corrected chi connectivity index (χ2v) is 8.18. The smallest absolute Gasteiger partial charge is 0.259 e. The molecule has 1 aromatic heterocycles. The van der Waals surface area contributed by atoms with E-state index in [4.69, 9.17) is 4.74 Å². The zero-order valence-electron chi connectivity index (χ0n) is 19.8. The molecule has 1 heterocycles. The van der Waals surface area contributed by atoms with Gasteiger partial charge in [0.2, 0.25) is 5.91 Å². The van der Waals surface area contributed by atoms with Gasteiger partial charge in [-0.2, -0.15) is 5.10 Å². The summed E-state index contributed by atoms with van der Waals surface area (Å²) in [6.07, 6.45) is 1.84. The van der Waals surface area contributed by atoms with Gasteiger partial charge in [-0.3, -0.25) is 9.59 Å². The predicted octanol–water partition coefficient (Wildman–Crippen LogP) is 3.82. The summed E-state index contributed by atoms with van der Waals surface area (Å²) in [6, 6.07) is 25.6. The molecule has 3 aromatic carbocycles. The molecule has 0 atom stereocenters. The molecule has 178 valence electrons. The molecule has 7 heteroatoms. The molecule has 0 spiro atoms. The molecule has 4 aromatic rings. The number of para-hydroxylation sites is 1. The van der Waals surface area contributed by atoms with E-state index in [0.29, 0.717) is 0 Å². The molecular formula is C28H28N4O3. The van der Waals surface area contributed by atoms with Gasteiger partial charge in [-0.15, -0.1) is 0 Å². The van der Waals surface area contributed by atoms with Gasteiger partial charge in [0.15, 0.2) is 0 Å². The van der Waals surface area contributed by atoms with E-state index in [1.165, 1.54) is 5.56 Å². The third-order valence-electron chi connectivity index (χ3n) is 5.82. The number of hydrogen-bond acceptors (Lipinski definition) is 4. The normalized spacial score (nSPS) is 11.0. The fourth-order valence-electron chi connectivity index (χ4n) is 3.97. The molecule has 4 rings (SSSR count). The van der Waals surface area contributed by atoms with Crippen LogP contribution >= 0.6 is 0 Å². The molecule has 35 heavy (non-hydrogen) atoms. The minimum Gasteiger partial charge on any atom is -0.497 e. The van der Waals surface area contributed by atoms with E-state index >= 15 is 0 Å². The third-order valence-corrected chi connectivity index (χ3v) is 5.82. The second kappa shape index (κ2) is 11.2. The van der Waals surface area contributed by atoms with Gasteiger partial charge < -0.3 is 14.6 Å². The summed E-state index contributed by atoms with van der Waals surface area (Å²) in [5, 5.41) is 7.83. The summed E-state index contributed by atoms with van der Waals surface area (Å²) in [6.45, 7) is 2.64. The first-order chi connectivity index (χ1) is 17.0. The highest BCUT2D eigenvalue weighted by molar-refractivity contribution is 6.01. The quantitative estimate of drug-likeness (QED) is 0.289. The van der Waals surface area contributed by atoms with Crippen LogP contribution in [-0.4, -0.2) is 36.3 Å². The van der Waals surface area contributed by atoms with Crippen LogP contribution in [-0.2, 0) is 22.6 Å². The molecule has 2 amide bonds. The van der Waals surface area contributed by atoms with E-state index in [1.54, 1.807) is 25.5 Å². The molecule has 0 saturated heterocycles. The van der Waals surface area contributed by atoms with Crippen LogP contribution in [0, 0.1) is 6.92 Å². The lowest BCUT2D eigenvalue weighted by atomic mass is 10.1. The Morgan fingerprint density at radius 1 is 0.914 bits per heavy atom. The van der Waals surface area contributed by atoms with Crippen molar-refractivity contribution >= 4 is 28.9 Å². The number of ether oxygens (including phenoxy) is 1. The Hall–Kier alpha value is -4.39. The van der Waals surface area contributed by atoms with Crippen LogP contribution in [0.15, 0.2) is 84.0 Å². The molecule has 2 N–H and O–H groups in total. The van der Waals surface area contributed by atoms with Crippen molar-refractivity contribution in [1.29, 1.82) is 0 Å². The average Bonchev–Trinajstić information content (AvgIpc) is 3.14. The topological polar surface area (TPSA) is 84.7 Å². The molecule has 0 fully saturated rings. The standard InChI is InChI=1S/C28H28N4O3/c1-20-25(24-10-6-7-11-26(24)32(20)19-22-8-4-3-5-9-22)17-30-31-28(34)18-29-27(33)16-21-12-14-23(35-2)15-13-21/h3-15,17H,16,18-19H2,1-2H3,(H,29,33)(H,31,34). The number of rotatable bonds is 9. The van der Waals surface area contributed by atoms with Gasteiger partial charge >= 0.3 is 0 Å². The summed E-state index contributed by atoms with van der Waals surface area (Å²) < 4.78 is 7.36. The molecule has 0 bridgehead atoms. The Morgan fingerprint density at radius 3 is 2.37 bits per heavy atom. The minimum atomic E-state index is -0.394. The van der Waals surface area contributed by atoms with Gasteiger partial charge in [0.25, 0.3) is 5.91 Å². The Balaban J connectivity index is 1.36. The summed E-state index contributed by atoms with van der Waals surface area (Å²) >= 11 is 0. The number of hydrogen-bond donors (Lipinski definition) is 2. The Labute approximate surface area is 204 Å². The number of benzene rings is 3. The monoisotopic (exact) mass is 468 g/mol. The minimum absolute atomic E-state index is 0.152. The maximum absolute atomic E-state index is 12.2. The maximum atomic E-state index is 12.2. The Bertz CT molecular complexity index is 1340. The summed E-state index contributed by atoms with van der Waals surface area (Å²) in [7, 11) is 1.59. The van der Waals surface area contributed by atoms with Gasteiger partial charge in [0.05, 0.1) is 26.3 Å². The van der Waals surface area contributed by atoms with Crippen LogP contribution in [0.3, 0.4) is 0 Å². The number of nitrogens with one attached hydrogen (secondary N) is 2. The van der Waals surface area contributed by atoms with E-state index in [2.05, 4.69) is 38.6 Å². The molecule has 0 aliphatic carbocycles. The number of nitrogens with zero attached hydrogens (tertiary/aromatic N) is 2. The summed E-state index contributed by atoms with van der Waals surface area (Å²) in [5.74, 6) is 0.0916.